The summed E-state index contributed by atoms with van der Waals surface area (Å²) in [5.41, 5.74) is 5.97. The van der Waals surface area contributed by atoms with Crippen LogP contribution in [-0.2, 0) is 4.79 Å². The van der Waals surface area contributed by atoms with Crippen molar-refractivity contribution in [1.82, 2.24) is 9.97 Å². The number of primary amides is 1. The number of nitrogens with two attached hydrogens (primary N) is 1. The van der Waals surface area contributed by atoms with E-state index in [4.69, 9.17) is 5.73 Å². The normalized spacial score (nSPS) is 21.2. The first-order chi connectivity index (χ1) is 11.1. The van der Waals surface area contributed by atoms with Gasteiger partial charge in [0.1, 0.15) is 5.82 Å². The van der Waals surface area contributed by atoms with E-state index in [0.717, 1.165) is 24.2 Å². The monoisotopic (exact) mass is 312 g/mol. The van der Waals surface area contributed by atoms with Crippen LogP contribution >= 0.6 is 0 Å². The Hall–Kier alpha value is -2.47. The number of carbonyl (C=O) groups excluding carboxylic acids is 1. The molecular formula is C17H20N4O2. The van der Waals surface area contributed by atoms with E-state index in [1.54, 1.807) is 12.4 Å². The molecule has 0 aliphatic carbocycles. The summed E-state index contributed by atoms with van der Waals surface area (Å²) in [6.07, 6.45) is 4.76. The lowest BCUT2D eigenvalue weighted by molar-refractivity contribution is -0.123. The lowest BCUT2D eigenvalue weighted by Crippen LogP contribution is -2.50. The molecule has 1 aliphatic rings. The van der Waals surface area contributed by atoms with Crippen LogP contribution in [0.2, 0.25) is 0 Å². The average molecular weight is 312 g/mol. The number of amides is 1. The first kappa shape index (κ1) is 15.4. The van der Waals surface area contributed by atoms with E-state index in [9.17, 15) is 9.90 Å². The summed E-state index contributed by atoms with van der Waals surface area (Å²) >= 11 is 0. The first-order valence-electron chi connectivity index (χ1n) is 7.69. The number of hydrogen-bond donors (Lipinski definition) is 2. The Labute approximate surface area is 135 Å². The Morgan fingerprint density at radius 1 is 1.26 bits per heavy atom. The summed E-state index contributed by atoms with van der Waals surface area (Å²) in [6, 6.07) is 9.84. The van der Waals surface area contributed by atoms with Crippen molar-refractivity contribution < 1.29 is 9.90 Å². The van der Waals surface area contributed by atoms with Crippen LogP contribution in [0, 0.1) is 0 Å². The summed E-state index contributed by atoms with van der Waals surface area (Å²) in [4.78, 5) is 22.0. The highest BCUT2D eigenvalue weighted by atomic mass is 16.3. The largest absolute Gasteiger partial charge is 0.388 e. The van der Waals surface area contributed by atoms with Gasteiger partial charge in [-0.3, -0.25) is 9.78 Å². The van der Waals surface area contributed by atoms with Crippen molar-refractivity contribution in [1.29, 1.82) is 0 Å². The van der Waals surface area contributed by atoms with E-state index < -0.39 is 11.5 Å². The molecule has 0 bridgehead atoms. The minimum atomic E-state index is -1.08. The second-order valence-electron chi connectivity index (χ2n) is 6.02. The van der Waals surface area contributed by atoms with E-state index >= 15 is 0 Å². The van der Waals surface area contributed by atoms with Gasteiger partial charge in [0.25, 0.3) is 0 Å². The predicted molar refractivity (Wildman–Crippen MR) is 87.7 cm³/mol. The topological polar surface area (TPSA) is 92.3 Å². The minimum absolute atomic E-state index is 0.0287. The molecule has 1 aromatic heterocycles. The third-order valence-electron chi connectivity index (χ3n) is 4.09. The molecule has 1 aromatic carbocycles. The third-order valence-corrected chi connectivity index (χ3v) is 4.09. The molecule has 3 rings (SSSR count). The van der Waals surface area contributed by atoms with Gasteiger partial charge in [-0.2, -0.15) is 0 Å². The van der Waals surface area contributed by atoms with Crippen LogP contribution in [0.25, 0.3) is 11.3 Å². The van der Waals surface area contributed by atoms with Gasteiger partial charge in [0, 0.05) is 18.7 Å². The zero-order chi connectivity index (χ0) is 16.3. The molecule has 6 heteroatoms. The van der Waals surface area contributed by atoms with Crippen LogP contribution in [0.1, 0.15) is 19.3 Å². The fourth-order valence-electron chi connectivity index (χ4n) is 3.02. The molecule has 1 saturated heterocycles. The molecule has 23 heavy (non-hydrogen) atoms. The highest BCUT2D eigenvalue weighted by molar-refractivity contribution is 5.75. The molecule has 0 saturated carbocycles. The van der Waals surface area contributed by atoms with Crippen molar-refractivity contribution in [2.24, 2.45) is 5.73 Å². The number of benzene rings is 1. The molecule has 2 heterocycles. The first-order valence-corrected chi connectivity index (χ1v) is 7.69. The van der Waals surface area contributed by atoms with Gasteiger partial charge in [-0.25, -0.2) is 4.98 Å². The van der Waals surface area contributed by atoms with Gasteiger partial charge in [-0.05, 0) is 12.8 Å². The lowest BCUT2D eigenvalue weighted by Gasteiger charge is -2.39. The molecule has 1 amide bonds. The number of piperidine rings is 1. The Balaban J connectivity index is 1.75. The average Bonchev–Trinajstić information content (AvgIpc) is 2.55. The summed E-state index contributed by atoms with van der Waals surface area (Å²) in [5.74, 6) is 0.215. The second-order valence-corrected chi connectivity index (χ2v) is 6.02. The van der Waals surface area contributed by atoms with Gasteiger partial charge >= 0.3 is 0 Å². The molecule has 1 aliphatic heterocycles. The molecule has 6 nitrogen and oxygen atoms in total. The van der Waals surface area contributed by atoms with E-state index in [1.165, 1.54) is 0 Å². The molecule has 0 spiro atoms. The fraction of sp³-hybridized carbons (Fsp3) is 0.353. The predicted octanol–water partition coefficient (Wildman–Crippen LogP) is 1.35. The maximum atomic E-state index is 11.1. The maximum Gasteiger partial charge on any atom is 0.220 e. The molecule has 1 atom stereocenters. The van der Waals surface area contributed by atoms with E-state index in [1.807, 2.05) is 35.2 Å². The molecular weight excluding hydrogens is 292 g/mol. The summed E-state index contributed by atoms with van der Waals surface area (Å²) < 4.78 is 0. The van der Waals surface area contributed by atoms with Crippen molar-refractivity contribution in [3.05, 3.63) is 42.7 Å². The SMILES string of the molecule is NC(=O)CC1(O)CCCN(c2cnc(-c3ccccc3)cn2)C1. The fourth-order valence-corrected chi connectivity index (χ4v) is 3.02. The molecule has 1 unspecified atom stereocenters. The number of hydrogen-bond acceptors (Lipinski definition) is 5. The third kappa shape index (κ3) is 3.65. The highest BCUT2D eigenvalue weighted by Gasteiger charge is 2.35. The van der Waals surface area contributed by atoms with Crippen LogP contribution in [0.4, 0.5) is 5.82 Å². The molecule has 2 aromatic rings. The lowest BCUT2D eigenvalue weighted by atomic mass is 9.89. The zero-order valence-corrected chi connectivity index (χ0v) is 12.9. The smallest absolute Gasteiger partial charge is 0.220 e. The summed E-state index contributed by atoms with van der Waals surface area (Å²) in [6.45, 7) is 1.12. The molecule has 0 radical (unpaired) electrons. The number of anilines is 1. The van der Waals surface area contributed by atoms with Crippen LogP contribution < -0.4 is 10.6 Å². The van der Waals surface area contributed by atoms with Gasteiger partial charge in [0.2, 0.25) is 5.91 Å². The quantitative estimate of drug-likeness (QED) is 0.889. The van der Waals surface area contributed by atoms with Crippen LogP contribution in [-0.4, -0.2) is 39.7 Å². The van der Waals surface area contributed by atoms with Gasteiger partial charge < -0.3 is 15.7 Å². The zero-order valence-electron chi connectivity index (χ0n) is 12.9. The minimum Gasteiger partial charge on any atom is -0.388 e. The number of nitrogens with zero attached hydrogens (tertiary/aromatic N) is 3. The summed E-state index contributed by atoms with van der Waals surface area (Å²) in [5, 5.41) is 10.5. The molecule has 1 fully saturated rings. The second kappa shape index (κ2) is 6.34. The van der Waals surface area contributed by atoms with Gasteiger partial charge in [0.15, 0.2) is 0 Å². The van der Waals surface area contributed by atoms with Crippen LogP contribution in [0.15, 0.2) is 42.7 Å². The molecule has 120 valence electrons. The Kier molecular flexibility index (Phi) is 4.25. The number of rotatable bonds is 4. The Bertz CT molecular complexity index is 675. The van der Waals surface area contributed by atoms with E-state index in [-0.39, 0.29) is 6.42 Å². The number of aliphatic hydroxyl groups is 1. The standard InChI is InChI=1S/C17H20N4O2/c18-15(22)9-17(23)7-4-8-21(12-17)16-11-19-14(10-20-16)13-5-2-1-3-6-13/h1-3,5-6,10-11,23H,4,7-9,12H2,(H2,18,22). The number of carbonyl (C=O) groups is 1. The van der Waals surface area contributed by atoms with Crippen LogP contribution in [0.3, 0.4) is 0 Å². The number of β-amino-alcohol motifs (C(OH)–C–C–N with tert-alkyl or cyclic N) is 1. The van der Waals surface area contributed by atoms with E-state index in [0.29, 0.717) is 18.8 Å². The summed E-state index contributed by atoms with van der Waals surface area (Å²) in [7, 11) is 0. The van der Waals surface area contributed by atoms with Crippen molar-refractivity contribution >= 4 is 11.7 Å². The van der Waals surface area contributed by atoms with E-state index in [2.05, 4.69) is 9.97 Å². The number of aromatic nitrogens is 2. The van der Waals surface area contributed by atoms with Gasteiger partial charge in [-0.1, -0.05) is 30.3 Å². The van der Waals surface area contributed by atoms with Crippen molar-refractivity contribution in [2.45, 2.75) is 24.9 Å². The van der Waals surface area contributed by atoms with Crippen molar-refractivity contribution in [3.63, 3.8) is 0 Å². The van der Waals surface area contributed by atoms with Gasteiger partial charge in [-0.15, -0.1) is 0 Å². The Morgan fingerprint density at radius 3 is 2.70 bits per heavy atom. The van der Waals surface area contributed by atoms with Crippen molar-refractivity contribution in [3.8, 4) is 11.3 Å². The van der Waals surface area contributed by atoms with Gasteiger partial charge in [0.05, 0.1) is 30.1 Å². The maximum absolute atomic E-state index is 11.1. The van der Waals surface area contributed by atoms with Crippen molar-refractivity contribution in [2.75, 3.05) is 18.0 Å². The highest BCUT2D eigenvalue weighted by Crippen LogP contribution is 2.27. The van der Waals surface area contributed by atoms with Crippen LogP contribution in [0.5, 0.6) is 0 Å². The Morgan fingerprint density at radius 2 is 2.04 bits per heavy atom. The molecule has 3 N–H and O–H groups in total.